The van der Waals surface area contributed by atoms with E-state index in [0.29, 0.717) is 41.7 Å². The zero-order chi connectivity index (χ0) is 29.8. The van der Waals surface area contributed by atoms with Crippen LogP contribution in [0.5, 0.6) is 11.5 Å². The molecular formula is C37H43NO4. The van der Waals surface area contributed by atoms with Crippen molar-refractivity contribution in [2.45, 2.75) is 77.7 Å². The molecule has 2 aliphatic carbocycles. The van der Waals surface area contributed by atoms with Gasteiger partial charge in [-0.1, -0.05) is 82.3 Å². The van der Waals surface area contributed by atoms with Gasteiger partial charge in [0.15, 0.2) is 17.3 Å². The van der Waals surface area contributed by atoms with Gasteiger partial charge >= 0.3 is 0 Å². The summed E-state index contributed by atoms with van der Waals surface area (Å²) in [5.74, 6) is 1.80. The highest BCUT2D eigenvalue weighted by Gasteiger charge is 2.37. The van der Waals surface area contributed by atoms with Crippen molar-refractivity contribution in [2.24, 2.45) is 5.92 Å². The normalized spacial score (nSPS) is 15.6. The van der Waals surface area contributed by atoms with Gasteiger partial charge in [-0.2, -0.15) is 0 Å². The molecule has 0 saturated heterocycles. The summed E-state index contributed by atoms with van der Waals surface area (Å²) in [6.45, 7) is 6.26. The number of hydrogen-bond donors (Lipinski definition) is 0. The standard InChI is InChI=1S/C37H43NO4/c1-24(2)27-15-17-32(18-16-27)38(37(40)31-21-28-13-9-10-14-29(28)22-31)35(33(39)20-26-11-7-6-8-12-26)30-19-25(3)36(42-5)34(23-30)41-4/h9-10,13-19,21,23-24,26,35H,6-8,11-12,20,22H2,1-5H3. The van der Waals surface area contributed by atoms with Crippen LogP contribution in [0.1, 0.15) is 92.1 Å². The molecule has 5 heteroatoms. The lowest BCUT2D eigenvalue weighted by Gasteiger charge is -2.34. The zero-order valence-corrected chi connectivity index (χ0v) is 25.6. The van der Waals surface area contributed by atoms with E-state index in [0.717, 1.165) is 53.6 Å². The van der Waals surface area contributed by atoms with Gasteiger partial charge in [0.05, 0.1) is 14.2 Å². The van der Waals surface area contributed by atoms with Crippen molar-refractivity contribution in [1.29, 1.82) is 0 Å². The van der Waals surface area contributed by atoms with E-state index in [1.165, 1.54) is 12.0 Å². The van der Waals surface area contributed by atoms with E-state index in [4.69, 9.17) is 9.47 Å². The van der Waals surface area contributed by atoms with E-state index >= 15 is 0 Å². The first kappa shape index (κ1) is 29.6. The van der Waals surface area contributed by atoms with E-state index in [9.17, 15) is 9.59 Å². The van der Waals surface area contributed by atoms with Crippen molar-refractivity contribution in [3.05, 3.63) is 94.1 Å². The van der Waals surface area contributed by atoms with Crippen molar-refractivity contribution in [3.63, 3.8) is 0 Å². The summed E-state index contributed by atoms with van der Waals surface area (Å²) < 4.78 is 11.3. The quantitative estimate of drug-likeness (QED) is 0.248. The Morgan fingerprint density at radius 1 is 0.905 bits per heavy atom. The monoisotopic (exact) mass is 565 g/mol. The Morgan fingerprint density at radius 2 is 1.62 bits per heavy atom. The molecule has 1 fully saturated rings. The molecule has 1 unspecified atom stereocenters. The van der Waals surface area contributed by atoms with Crippen LogP contribution in [0.15, 0.2) is 66.2 Å². The van der Waals surface area contributed by atoms with Crippen LogP contribution in [0.2, 0.25) is 0 Å². The number of carbonyl (C=O) groups is 2. The van der Waals surface area contributed by atoms with Crippen LogP contribution in [0.25, 0.3) is 6.08 Å². The molecule has 0 aromatic heterocycles. The minimum Gasteiger partial charge on any atom is -0.493 e. The highest BCUT2D eigenvalue weighted by atomic mass is 16.5. The molecular weight excluding hydrogens is 522 g/mol. The van der Waals surface area contributed by atoms with Crippen molar-refractivity contribution in [3.8, 4) is 11.5 Å². The molecule has 0 radical (unpaired) electrons. The number of ketones is 1. The number of ether oxygens (including phenoxy) is 2. The van der Waals surface area contributed by atoms with Crippen LogP contribution in [-0.4, -0.2) is 25.9 Å². The summed E-state index contributed by atoms with van der Waals surface area (Å²) in [5, 5.41) is 0. The summed E-state index contributed by atoms with van der Waals surface area (Å²) in [5.41, 5.74) is 6.38. The summed E-state index contributed by atoms with van der Waals surface area (Å²) in [4.78, 5) is 30.9. The molecule has 5 nitrogen and oxygen atoms in total. The Bertz CT molecular complexity index is 1460. The van der Waals surface area contributed by atoms with Crippen LogP contribution < -0.4 is 14.4 Å². The fraction of sp³-hybridized carbons (Fsp3) is 0.405. The van der Waals surface area contributed by atoms with Crippen molar-refractivity contribution in [2.75, 3.05) is 19.1 Å². The number of aryl methyl sites for hydroxylation is 1. The number of Topliss-reactive ketones (excluding diaryl/α,β-unsaturated/α-hetero) is 1. The van der Waals surface area contributed by atoms with Gasteiger partial charge < -0.3 is 9.47 Å². The van der Waals surface area contributed by atoms with E-state index in [-0.39, 0.29) is 11.7 Å². The average molecular weight is 566 g/mol. The molecule has 220 valence electrons. The maximum absolute atomic E-state index is 14.7. The second kappa shape index (κ2) is 13.0. The molecule has 0 bridgehead atoms. The van der Waals surface area contributed by atoms with Crippen molar-refractivity contribution < 1.29 is 19.1 Å². The number of amides is 1. The van der Waals surface area contributed by atoms with Gasteiger partial charge in [0.25, 0.3) is 5.91 Å². The van der Waals surface area contributed by atoms with Crippen LogP contribution in [0.4, 0.5) is 5.69 Å². The molecule has 0 aliphatic heterocycles. The number of methoxy groups -OCH3 is 2. The van der Waals surface area contributed by atoms with Gasteiger partial charge in [-0.15, -0.1) is 0 Å². The average Bonchev–Trinajstić information content (AvgIpc) is 3.44. The molecule has 0 spiro atoms. The third kappa shape index (κ3) is 6.16. The van der Waals surface area contributed by atoms with E-state index in [2.05, 4.69) is 32.0 Å². The summed E-state index contributed by atoms with van der Waals surface area (Å²) in [6.07, 6.45) is 8.63. The van der Waals surface area contributed by atoms with E-state index in [1.807, 2.05) is 55.5 Å². The molecule has 42 heavy (non-hydrogen) atoms. The predicted molar refractivity (Wildman–Crippen MR) is 169 cm³/mol. The number of fused-ring (bicyclic) bond motifs is 1. The fourth-order valence-electron chi connectivity index (χ4n) is 6.58. The second-order valence-corrected chi connectivity index (χ2v) is 12.1. The molecule has 2 aliphatic rings. The van der Waals surface area contributed by atoms with Crippen molar-refractivity contribution >= 4 is 23.5 Å². The Balaban J connectivity index is 1.64. The van der Waals surface area contributed by atoms with Crippen LogP contribution >= 0.6 is 0 Å². The zero-order valence-electron chi connectivity index (χ0n) is 25.6. The van der Waals surface area contributed by atoms with E-state index < -0.39 is 6.04 Å². The highest BCUT2D eigenvalue weighted by Crippen LogP contribution is 2.40. The first-order chi connectivity index (χ1) is 20.3. The van der Waals surface area contributed by atoms with Gasteiger partial charge in [0.1, 0.15) is 6.04 Å². The maximum atomic E-state index is 14.7. The molecule has 0 N–H and O–H groups in total. The minimum absolute atomic E-state index is 0.0610. The second-order valence-electron chi connectivity index (χ2n) is 12.1. The number of rotatable bonds is 10. The highest BCUT2D eigenvalue weighted by molar-refractivity contribution is 6.13. The van der Waals surface area contributed by atoms with Gasteiger partial charge in [0.2, 0.25) is 0 Å². The summed E-state index contributed by atoms with van der Waals surface area (Å²) in [7, 11) is 3.22. The third-order valence-electron chi connectivity index (χ3n) is 8.88. The smallest absolute Gasteiger partial charge is 0.255 e. The Labute approximate surface area is 250 Å². The van der Waals surface area contributed by atoms with Gasteiger partial charge in [-0.05, 0) is 76.9 Å². The number of nitrogens with zero attached hydrogens (tertiary/aromatic N) is 1. The summed E-state index contributed by atoms with van der Waals surface area (Å²) in [6, 6.07) is 19.3. The number of anilines is 1. The first-order valence-electron chi connectivity index (χ1n) is 15.3. The van der Waals surface area contributed by atoms with E-state index in [1.54, 1.807) is 19.1 Å². The maximum Gasteiger partial charge on any atom is 0.255 e. The molecule has 1 atom stereocenters. The minimum atomic E-state index is -0.799. The van der Waals surface area contributed by atoms with Crippen LogP contribution in [0, 0.1) is 12.8 Å². The van der Waals surface area contributed by atoms with Gasteiger partial charge in [-0.3, -0.25) is 14.5 Å². The van der Waals surface area contributed by atoms with Crippen molar-refractivity contribution in [1.82, 2.24) is 0 Å². The molecule has 3 aromatic rings. The number of carbonyl (C=O) groups excluding carboxylic acids is 2. The first-order valence-corrected chi connectivity index (χ1v) is 15.3. The van der Waals surface area contributed by atoms with Gasteiger partial charge in [0, 0.05) is 24.1 Å². The Kier molecular flexibility index (Phi) is 9.15. The Hall–Kier alpha value is -3.86. The molecule has 3 aromatic carbocycles. The number of hydrogen-bond acceptors (Lipinski definition) is 4. The third-order valence-corrected chi connectivity index (χ3v) is 8.88. The Morgan fingerprint density at radius 3 is 2.26 bits per heavy atom. The van der Waals surface area contributed by atoms with Gasteiger partial charge in [-0.25, -0.2) is 0 Å². The van der Waals surface area contributed by atoms with Crippen LogP contribution in [0.3, 0.4) is 0 Å². The molecule has 1 amide bonds. The molecule has 5 rings (SSSR count). The lowest BCUT2D eigenvalue weighted by Crippen LogP contribution is -2.41. The molecule has 0 heterocycles. The predicted octanol–water partition coefficient (Wildman–Crippen LogP) is 8.39. The fourth-order valence-corrected chi connectivity index (χ4v) is 6.58. The largest absolute Gasteiger partial charge is 0.493 e. The summed E-state index contributed by atoms with van der Waals surface area (Å²) >= 11 is 0. The lowest BCUT2D eigenvalue weighted by atomic mass is 9.83. The molecule has 1 saturated carbocycles. The SMILES string of the molecule is COc1cc(C(C(=O)CC2CCCCC2)N(C(=O)C2=Cc3ccccc3C2)c2ccc(C(C)C)cc2)cc(C)c1OC. The topological polar surface area (TPSA) is 55.8 Å². The lowest BCUT2D eigenvalue weighted by molar-refractivity contribution is -0.124. The van der Waals surface area contributed by atoms with Crippen LogP contribution in [-0.2, 0) is 16.0 Å². The number of benzene rings is 3.